The number of fused-ring (bicyclic) bond motifs is 2. The Morgan fingerprint density at radius 3 is 1.79 bits per heavy atom. The van der Waals surface area contributed by atoms with Crippen LogP contribution in [0.2, 0.25) is 0 Å². The molecule has 0 unspecified atom stereocenters. The third kappa shape index (κ3) is 1.84. The molecule has 0 saturated carbocycles. The van der Waals surface area contributed by atoms with Crippen LogP contribution in [0.1, 0.15) is 58.1 Å². The van der Waals surface area contributed by atoms with E-state index in [0.717, 1.165) is 0 Å². The summed E-state index contributed by atoms with van der Waals surface area (Å²) < 4.78 is 0. The number of benzene rings is 2. The second-order valence-corrected chi connectivity index (χ2v) is 5.35. The fourth-order valence-corrected chi connectivity index (χ4v) is 3.05. The Balaban J connectivity index is 2.50. The van der Waals surface area contributed by atoms with E-state index >= 15 is 0 Å². The molecule has 24 heavy (non-hydrogen) atoms. The Morgan fingerprint density at radius 2 is 1.33 bits per heavy atom. The molecular weight excluding hydrogens is 314 g/mol. The van der Waals surface area contributed by atoms with Crippen molar-refractivity contribution >= 4 is 29.2 Å². The number of ketones is 2. The van der Waals surface area contributed by atoms with Gasteiger partial charge in [-0.25, -0.2) is 9.59 Å². The Labute approximate surface area is 135 Å². The van der Waals surface area contributed by atoms with Gasteiger partial charge in [0.05, 0.1) is 22.4 Å². The molecule has 3 rings (SSSR count). The minimum Gasteiger partial charge on any atom is -0.478 e. The monoisotopic (exact) mass is 325 g/mol. The summed E-state index contributed by atoms with van der Waals surface area (Å²) in [6, 6.07) is 6.05. The zero-order valence-electron chi connectivity index (χ0n) is 12.4. The number of rotatable bonds is 2. The minimum atomic E-state index is -1.57. The molecule has 2 aromatic carbocycles. The molecular formula is C17H11NO6. The van der Waals surface area contributed by atoms with Crippen LogP contribution in [0.3, 0.4) is 0 Å². The zero-order valence-corrected chi connectivity index (χ0v) is 12.4. The molecule has 2 aromatic rings. The van der Waals surface area contributed by atoms with Crippen LogP contribution < -0.4 is 5.73 Å². The molecule has 0 saturated heterocycles. The van der Waals surface area contributed by atoms with Gasteiger partial charge in [0.15, 0.2) is 11.6 Å². The molecule has 7 heteroatoms. The highest BCUT2D eigenvalue weighted by atomic mass is 16.4. The third-order valence-corrected chi connectivity index (χ3v) is 4.09. The summed E-state index contributed by atoms with van der Waals surface area (Å²) in [5, 5.41) is 18.7. The first kappa shape index (κ1) is 15.4. The van der Waals surface area contributed by atoms with Gasteiger partial charge in [-0.1, -0.05) is 24.3 Å². The van der Waals surface area contributed by atoms with Gasteiger partial charge in [0, 0.05) is 16.7 Å². The number of carbonyl (C=O) groups is 4. The van der Waals surface area contributed by atoms with Crippen molar-refractivity contribution in [1.29, 1.82) is 0 Å². The number of carbonyl (C=O) groups excluding carboxylic acids is 2. The molecule has 120 valence electrons. The average Bonchev–Trinajstić information content (AvgIpc) is 2.53. The first-order valence-corrected chi connectivity index (χ1v) is 6.88. The molecule has 0 radical (unpaired) electrons. The van der Waals surface area contributed by atoms with E-state index in [9.17, 15) is 29.4 Å². The predicted molar refractivity (Wildman–Crippen MR) is 82.8 cm³/mol. The molecule has 0 heterocycles. The Hall–Kier alpha value is -3.48. The van der Waals surface area contributed by atoms with E-state index in [1.807, 2.05) is 0 Å². The first-order chi connectivity index (χ1) is 11.3. The van der Waals surface area contributed by atoms with Crippen molar-refractivity contribution in [3.8, 4) is 0 Å². The van der Waals surface area contributed by atoms with E-state index in [-0.39, 0.29) is 27.8 Å². The summed E-state index contributed by atoms with van der Waals surface area (Å²) >= 11 is 0. The maximum atomic E-state index is 12.7. The number of hydrogen-bond donors (Lipinski definition) is 3. The fraction of sp³-hybridized carbons (Fsp3) is 0.0588. The van der Waals surface area contributed by atoms with E-state index in [4.69, 9.17) is 5.73 Å². The van der Waals surface area contributed by atoms with Crippen molar-refractivity contribution in [2.24, 2.45) is 0 Å². The van der Waals surface area contributed by atoms with Crippen LogP contribution in [0, 0.1) is 6.92 Å². The molecule has 1 aliphatic rings. The molecule has 0 amide bonds. The maximum Gasteiger partial charge on any atom is 0.338 e. The van der Waals surface area contributed by atoms with Crippen LogP contribution in [0.25, 0.3) is 0 Å². The zero-order chi connectivity index (χ0) is 17.8. The van der Waals surface area contributed by atoms with Crippen LogP contribution in [0.5, 0.6) is 0 Å². The van der Waals surface area contributed by atoms with Crippen molar-refractivity contribution in [3.05, 3.63) is 63.2 Å². The van der Waals surface area contributed by atoms with Crippen molar-refractivity contribution in [3.63, 3.8) is 0 Å². The average molecular weight is 325 g/mol. The van der Waals surface area contributed by atoms with Crippen molar-refractivity contribution in [2.45, 2.75) is 6.92 Å². The van der Waals surface area contributed by atoms with Gasteiger partial charge in [-0.2, -0.15) is 0 Å². The molecule has 1 aliphatic carbocycles. The first-order valence-electron chi connectivity index (χ1n) is 6.88. The van der Waals surface area contributed by atoms with E-state index in [0.29, 0.717) is 0 Å². The van der Waals surface area contributed by atoms with Gasteiger partial charge in [0.25, 0.3) is 0 Å². The summed E-state index contributed by atoms with van der Waals surface area (Å²) in [5.74, 6) is -4.25. The van der Waals surface area contributed by atoms with Crippen LogP contribution in [0.15, 0.2) is 24.3 Å². The van der Waals surface area contributed by atoms with Gasteiger partial charge in [0.2, 0.25) is 0 Å². The third-order valence-electron chi connectivity index (χ3n) is 4.09. The number of carboxylic acids is 2. The van der Waals surface area contributed by atoms with Gasteiger partial charge in [-0.3, -0.25) is 9.59 Å². The highest BCUT2D eigenvalue weighted by molar-refractivity contribution is 6.32. The summed E-state index contributed by atoms with van der Waals surface area (Å²) in [4.78, 5) is 48.4. The molecule has 0 fully saturated rings. The normalized spacial score (nSPS) is 12.5. The molecule has 0 bridgehead atoms. The fourth-order valence-electron chi connectivity index (χ4n) is 3.05. The molecule has 0 spiro atoms. The number of hydrogen-bond acceptors (Lipinski definition) is 5. The molecule has 0 aliphatic heterocycles. The topological polar surface area (TPSA) is 135 Å². The highest BCUT2D eigenvalue weighted by Gasteiger charge is 2.37. The standard InChI is InChI=1S/C17H11NO6/c1-6-9-11(13(18)12(17(23)24)10(6)16(21)22)15(20)8-5-3-2-4-7(8)14(9)19/h2-5H,18H2,1H3,(H,21,22)(H,23,24). The summed E-state index contributed by atoms with van der Waals surface area (Å²) in [7, 11) is 0. The van der Waals surface area contributed by atoms with Crippen molar-refractivity contribution in [2.75, 3.05) is 5.73 Å². The second kappa shape index (κ2) is 5.02. The van der Waals surface area contributed by atoms with Crippen LogP contribution in [0.4, 0.5) is 5.69 Å². The number of nitrogens with two attached hydrogens (primary N) is 1. The van der Waals surface area contributed by atoms with Gasteiger partial charge in [-0.05, 0) is 12.5 Å². The SMILES string of the molecule is Cc1c(C(=O)O)c(C(=O)O)c(N)c2c1C(=O)c1ccccc1C2=O. The van der Waals surface area contributed by atoms with Crippen LogP contribution in [-0.4, -0.2) is 33.7 Å². The van der Waals surface area contributed by atoms with Gasteiger partial charge >= 0.3 is 11.9 Å². The predicted octanol–water partition coefficient (Wildman–Crippen LogP) is 1.75. The van der Waals surface area contributed by atoms with E-state index in [2.05, 4.69) is 0 Å². The Kier molecular flexibility index (Phi) is 3.22. The van der Waals surface area contributed by atoms with Gasteiger partial charge < -0.3 is 15.9 Å². The van der Waals surface area contributed by atoms with Crippen LogP contribution in [-0.2, 0) is 0 Å². The lowest BCUT2D eigenvalue weighted by Gasteiger charge is -2.23. The highest BCUT2D eigenvalue weighted by Crippen LogP contribution is 2.37. The minimum absolute atomic E-state index is 0.0862. The number of nitrogen functional groups attached to an aromatic ring is 1. The molecule has 7 nitrogen and oxygen atoms in total. The summed E-state index contributed by atoms with van der Waals surface area (Å²) in [5.41, 5.74) is 3.79. The number of carboxylic acid groups (broad SMARTS) is 2. The number of anilines is 1. The van der Waals surface area contributed by atoms with Crippen molar-refractivity contribution < 1.29 is 29.4 Å². The molecule has 0 atom stereocenters. The summed E-state index contributed by atoms with van der Waals surface area (Å²) in [6.07, 6.45) is 0. The summed E-state index contributed by atoms with van der Waals surface area (Å²) in [6.45, 7) is 1.30. The van der Waals surface area contributed by atoms with Crippen molar-refractivity contribution in [1.82, 2.24) is 0 Å². The largest absolute Gasteiger partial charge is 0.478 e. The van der Waals surface area contributed by atoms with Gasteiger partial charge in [-0.15, -0.1) is 0 Å². The Bertz CT molecular complexity index is 896. The van der Waals surface area contributed by atoms with Crippen LogP contribution >= 0.6 is 0 Å². The lowest BCUT2D eigenvalue weighted by Crippen LogP contribution is -2.27. The van der Waals surface area contributed by atoms with Gasteiger partial charge in [0.1, 0.15) is 0 Å². The number of aromatic carboxylic acids is 2. The van der Waals surface area contributed by atoms with E-state index in [1.54, 1.807) is 12.1 Å². The lowest BCUT2D eigenvalue weighted by atomic mass is 9.78. The molecule has 0 aromatic heterocycles. The Morgan fingerprint density at radius 1 is 0.875 bits per heavy atom. The smallest absolute Gasteiger partial charge is 0.338 e. The lowest BCUT2D eigenvalue weighted by molar-refractivity contribution is 0.0651. The van der Waals surface area contributed by atoms with E-state index < -0.39 is 40.3 Å². The molecule has 4 N–H and O–H groups in total. The second-order valence-electron chi connectivity index (χ2n) is 5.35. The van der Waals surface area contributed by atoms with E-state index in [1.165, 1.54) is 19.1 Å². The maximum absolute atomic E-state index is 12.7. The quantitative estimate of drug-likeness (QED) is 0.611.